The average Bonchev–Trinajstić information content (AvgIpc) is 3.14. The molecule has 2 heterocycles. The summed E-state index contributed by atoms with van der Waals surface area (Å²) in [5.41, 5.74) is -1.00. The quantitative estimate of drug-likeness (QED) is 0.321. The van der Waals surface area contributed by atoms with E-state index in [0.717, 1.165) is 0 Å². The lowest BCUT2D eigenvalue weighted by Crippen LogP contribution is -2.49. The first-order valence-corrected chi connectivity index (χ1v) is 9.81. The van der Waals surface area contributed by atoms with Crippen LogP contribution in [0.5, 0.6) is 0 Å². The highest BCUT2D eigenvalue weighted by Crippen LogP contribution is 2.31. The summed E-state index contributed by atoms with van der Waals surface area (Å²) in [5.74, 6) is -2.34. The molecule has 2 rings (SSSR count). The molecule has 11 heteroatoms. The van der Waals surface area contributed by atoms with Gasteiger partial charge in [-0.1, -0.05) is 0 Å². The molecule has 2 aromatic rings. The second-order valence-corrected chi connectivity index (χ2v) is 6.25. The van der Waals surface area contributed by atoms with Gasteiger partial charge in [-0.2, -0.15) is 0 Å². The van der Waals surface area contributed by atoms with E-state index in [2.05, 4.69) is 20.3 Å². The van der Waals surface area contributed by atoms with Crippen LogP contribution in [-0.4, -0.2) is 64.3 Å². The van der Waals surface area contributed by atoms with Crippen molar-refractivity contribution in [3.8, 4) is 0 Å². The molecule has 0 aliphatic heterocycles. The Bertz CT molecular complexity index is 851. The van der Waals surface area contributed by atoms with Crippen LogP contribution in [0.15, 0.2) is 12.7 Å². The van der Waals surface area contributed by atoms with Gasteiger partial charge in [-0.05, 0) is 33.6 Å². The molecule has 11 nitrogen and oxygen atoms in total. The van der Waals surface area contributed by atoms with Crippen LogP contribution in [0.25, 0.3) is 11.2 Å². The van der Waals surface area contributed by atoms with Gasteiger partial charge in [0.05, 0.1) is 26.1 Å². The topological polar surface area (TPSA) is 135 Å². The first kappa shape index (κ1) is 23.0. The van der Waals surface area contributed by atoms with Gasteiger partial charge in [0.1, 0.15) is 11.8 Å². The number of rotatable bonds is 11. The number of aromatic nitrogens is 4. The van der Waals surface area contributed by atoms with Crippen molar-refractivity contribution < 1.29 is 28.6 Å². The zero-order valence-electron chi connectivity index (χ0n) is 17.6. The maximum absolute atomic E-state index is 12.7. The summed E-state index contributed by atoms with van der Waals surface area (Å²) in [7, 11) is 1.73. The van der Waals surface area contributed by atoms with Crippen LogP contribution in [0, 0.1) is 5.41 Å². The van der Waals surface area contributed by atoms with Crippen molar-refractivity contribution in [1.29, 1.82) is 0 Å². The minimum Gasteiger partial charge on any atom is -0.465 e. The highest BCUT2D eigenvalue weighted by atomic mass is 16.6. The predicted octanol–water partition coefficient (Wildman–Crippen LogP) is 1.32. The van der Waals surface area contributed by atoms with Crippen molar-refractivity contribution in [2.75, 3.05) is 32.2 Å². The molecule has 30 heavy (non-hydrogen) atoms. The molecule has 1 N–H and O–H groups in total. The molecule has 0 saturated heterocycles. The van der Waals surface area contributed by atoms with Gasteiger partial charge < -0.3 is 24.1 Å². The normalized spacial score (nSPS) is 11.2. The van der Waals surface area contributed by atoms with Crippen LogP contribution >= 0.6 is 0 Å². The molecule has 0 saturated carbocycles. The number of carbonyl (C=O) groups is 3. The molecule has 2 aromatic heterocycles. The van der Waals surface area contributed by atoms with E-state index in [0.29, 0.717) is 23.5 Å². The molecule has 0 fully saturated rings. The number of anilines is 1. The molecule has 0 aromatic carbocycles. The number of fused-ring (bicyclic) bond motifs is 1. The van der Waals surface area contributed by atoms with Crippen LogP contribution in [0.4, 0.5) is 5.82 Å². The first-order chi connectivity index (χ1) is 14.5. The summed E-state index contributed by atoms with van der Waals surface area (Å²) in [4.78, 5) is 50.8. The van der Waals surface area contributed by atoms with Gasteiger partial charge in [-0.15, -0.1) is 0 Å². The van der Waals surface area contributed by atoms with E-state index in [1.165, 1.54) is 6.33 Å². The second kappa shape index (κ2) is 10.5. The van der Waals surface area contributed by atoms with E-state index in [9.17, 15) is 14.4 Å². The molecule has 164 valence electrons. The highest BCUT2D eigenvalue weighted by molar-refractivity contribution is 6.17. The van der Waals surface area contributed by atoms with Crippen LogP contribution in [0.3, 0.4) is 0 Å². The fourth-order valence-electron chi connectivity index (χ4n) is 3.06. The van der Waals surface area contributed by atoms with Gasteiger partial charge >= 0.3 is 17.9 Å². The summed E-state index contributed by atoms with van der Waals surface area (Å²) < 4.78 is 16.9. The predicted molar refractivity (Wildman–Crippen MR) is 106 cm³/mol. The van der Waals surface area contributed by atoms with Gasteiger partial charge in [0.25, 0.3) is 5.41 Å². The van der Waals surface area contributed by atoms with Gasteiger partial charge in [-0.25, -0.2) is 15.0 Å². The van der Waals surface area contributed by atoms with Gasteiger partial charge in [0.15, 0.2) is 11.5 Å². The lowest BCUT2D eigenvalue weighted by Gasteiger charge is -2.27. The summed E-state index contributed by atoms with van der Waals surface area (Å²) in [5, 5.41) is 2.94. The minimum atomic E-state index is -2.18. The zero-order valence-corrected chi connectivity index (χ0v) is 17.6. The smallest absolute Gasteiger partial charge is 0.335 e. The Morgan fingerprint density at radius 1 is 0.967 bits per heavy atom. The van der Waals surface area contributed by atoms with Crippen LogP contribution in [-0.2, 0) is 35.1 Å². The molecule has 0 radical (unpaired) electrons. The lowest BCUT2D eigenvalue weighted by atomic mass is 9.83. The van der Waals surface area contributed by atoms with Gasteiger partial charge in [-0.3, -0.25) is 14.4 Å². The third kappa shape index (κ3) is 4.50. The number of aryl methyl sites for hydroxylation is 1. The molecule has 0 bridgehead atoms. The molecule has 0 atom stereocenters. The maximum Gasteiger partial charge on any atom is 0.335 e. The SMILES string of the molecule is CCOC(=O)C(CCCn1cnc2c(NC)ncnc21)(C(=O)OCC)C(=O)OCC. The Kier molecular flexibility index (Phi) is 8.07. The van der Waals surface area contributed by atoms with Crippen LogP contribution in [0.2, 0.25) is 0 Å². The number of nitrogens with zero attached hydrogens (tertiary/aromatic N) is 4. The molecular weight excluding hydrogens is 394 g/mol. The molecule has 0 spiro atoms. The highest BCUT2D eigenvalue weighted by Gasteiger charge is 2.56. The summed E-state index contributed by atoms with van der Waals surface area (Å²) >= 11 is 0. The average molecular weight is 421 g/mol. The van der Waals surface area contributed by atoms with E-state index in [-0.39, 0.29) is 32.7 Å². The zero-order chi connectivity index (χ0) is 22.1. The number of imidazole rings is 1. The van der Waals surface area contributed by atoms with Gasteiger partial charge in [0, 0.05) is 13.6 Å². The Hall–Kier alpha value is -3.24. The van der Waals surface area contributed by atoms with Crippen molar-refractivity contribution in [1.82, 2.24) is 19.5 Å². The van der Waals surface area contributed by atoms with Gasteiger partial charge in [0.2, 0.25) is 0 Å². The summed E-state index contributed by atoms with van der Waals surface area (Å²) in [6, 6.07) is 0. The largest absolute Gasteiger partial charge is 0.465 e. The van der Waals surface area contributed by atoms with Crippen LogP contribution < -0.4 is 5.32 Å². The van der Waals surface area contributed by atoms with Crippen molar-refractivity contribution in [3.63, 3.8) is 0 Å². The van der Waals surface area contributed by atoms with Crippen LogP contribution in [0.1, 0.15) is 33.6 Å². The molecule has 0 aliphatic carbocycles. The number of hydrogen-bond donors (Lipinski definition) is 1. The number of carbonyl (C=O) groups excluding carboxylic acids is 3. The fourth-order valence-corrected chi connectivity index (χ4v) is 3.06. The number of hydrogen-bond acceptors (Lipinski definition) is 10. The van der Waals surface area contributed by atoms with E-state index in [1.54, 1.807) is 38.7 Å². The van der Waals surface area contributed by atoms with E-state index < -0.39 is 23.3 Å². The summed E-state index contributed by atoms with van der Waals surface area (Å²) in [6.45, 7) is 5.15. The van der Waals surface area contributed by atoms with E-state index >= 15 is 0 Å². The maximum atomic E-state index is 12.7. The van der Waals surface area contributed by atoms with Crippen molar-refractivity contribution in [2.24, 2.45) is 5.41 Å². The Labute approximate surface area is 174 Å². The minimum absolute atomic E-state index is 0.00919. The Morgan fingerprint density at radius 3 is 2.03 bits per heavy atom. The third-order valence-corrected chi connectivity index (χ3v) is 4.46. The van der Waals surface area contributed by atoms with E-state index in [4.69, 9.17) is 14.2 Å². The summed E-state index contributed by atoms with van der Waals surface area (Å²) in [6.07, 6.45) is 3.11. The second-order valence-electron chi connectivity index (χ2n) is 6.25. The first-order valence-electron chi connectivity index (χ1n) is 9.81. The molecular formula is C19H27N5O6. The third-order valence-electron chi connectivity index (χ3n) is 4.46. The van der Waals surface area contributed by atoms with E-state index in [1.807, 2.05) is 0 Å². The molecule has 0 unspecified atom stereocenters. The Balaban J connectivity index is 2.30. The lowest BCUT2D eigenvalue weighted by molar-refractivity contribution is -0.184. The fraction of sp³-hybridized carbons (Fsp3) is 0.579. The van der Waals surface area contributed by atoms with Crippen molar-refractivity contribution in [3.05, 3.63) is 12.7 Å². The number of nitrogens with one attached hydrogen (secondary N) is 1. The Morgan fingerprint density at radius 2 is 1.53 bits per heavy atom. The van der Waals surface area contributed by atoms with Crippen molar-refractivity contribution in [2.45, 2.75) is 40.2 Å². The van der Waals surface area contributed by atoms with Crippen molar-refractivity contribution >= 4 is 34.9 Å². The number of esters is 3. The molecule has 0 amide bonds. The standard InChI is InChI=1S/C19H27N5O6/c1-5-28-16(25)19(17(26)29-6-2,18(27)30-7-3)9-8-10-24-12-23-13-14(20-4)21-11-22-15(13)24/h11-12H,5-10H2,1-4H3,(H,20,21,22). The number of ether oxygens (including phenoxy) is 3. The monoisotopic (exact) mass is 421 g/mol. The molecule has 0 aliphatic rings.